The van der Waals surface area contributed by atoms with Crippen molar-refractivity contribution in [2.45, 2.75) is 19.1 Å². The number of aliphatic carboxylic acids is 1. The molecular weight excluding hydrogens is 236 g/mol. The van der Waals surface area contributed by atoms with Crippen molar-refractivity contribution in [2.75, 3.05) is 6.54 Å². The van der Waals surface area contributed by atoms with Crippen LogP contribution in [0.5, 0.6) is 0 Å². The molecule has 0 aliphatic rings. The van der Waals surface area contributed by atoms with E-state index < -0.39 is 18.1 Å². The maximum atomic E-state index is 11.2. The summed E-state index contributed by atoms with van der Waals surface area (Å²) in [6.45, 7) is 0.346. The summed E-state index contributed by atoms with van der Waals surface area (Å²) in [6, 6.07) is 8.28. The molecule has 1 aromatic rings. The van der Waals surface area contributed by atoms with Gasteiger partial charge in [0.05, 0.1) is 0 Å². The van der Waals surface area contributed by atoms with Gasteiger partial charge in [-0.25, -0.2) is 4.79 Å². The van der Waals surface area contributed by atoms with Gasteiger partial charge in [-0.2, -0.15) is 0 Å². The predicted molar refractivity (Wildman–Crippen MR) is 64.9 cm³/mol. The lowest BCUT2D eigenvalue weighted by atomic mass is 10.2. The van der Waals surface area contributed by atoms with E-state index in [1.54, 1.807) is 0 Å². The fourth-order valence-corrected chi connectivity index (χ4v) is 1.23. The van der Waals surface area contributed by atoms with E-state index in [0.29, 0.717) is 0 Å². The van der Waals surface area contributed by atoms with E-state index in [9.17, 15) is 9.59 Å². The lowest BCUT2D eigenvalue weighted by Gasteiger charge is -2.08. The molecule has 0 saturated heterocycles. The predicted octanol–water partition coefficient (Wildman–Crippen LogP) is 0.715. The van der Waals surface area contributed by atoms with Gasteiger partial charge in [-0.1, -0.05) is 30.3 Å². The zero-order chi connectivity index (χ0) is 13.4. The van der Waals surface area contributed by atoms with Crippen molar-refractivity contribution in [1.82, 2.24) is 5.32 Å². The number of nitrogens with two attached hydrogens (primary N) is 1. The number of ether oxygens (including phenoxy) is 1. The van der Waals surface area contributed by atoms with Gasteiger partial charge in [0.2, 0.25) is 0 Å². The highest BCUT2D eigenvalue weighted by atomic mass is 16.5. The van der Waals surface area contributed by atoms with Crippen molar-refractivity contribution < 1.29 is 19.4 Å². The van der Waals surface area contributed by atoms with Gasteiger partial charge in [0.1, 0.15) is 12.6 Å². The first kappa shape index (κ1) is 14.0. The molecule has 6 heteroatoms. The van der Waals surface area contributed by atoms with E-state index in [0.717, 1.165) is 5.56 Å². The molecule has 1 aromatic carbocycles. The summed E-state index contributed by atoms with van der Waals surface area (Å²) in [5, 5.41) is 11.0. The molecule has 0 aliphatic heterocycles. The molecule has 0 spiro atoms. The highest BCUT2D eigenvalue weighted by Crippen LogP contribution is 2.00. The number of nitrogens with one attached hydrogen (secondary N) is 1. The Bertz CT molecular complexity index is 394. The van der Waals surface area contributed by atoms with Crippen molar-refractivity contribution in [1.29, 1.82) is 0 Å². The van der Waals surface area contributed by atoms with Gasteiger partial charge in [-0.05, 0) is 12.0 Å². The Morgan fingerprint density at radius 1 is 1.33 bits per heavy atom. The van der Waals surface area contributed by atoms with E-state index in [1.165, 1.54) is 0 Å². The first-order valence-electron chi connectivity index (χ1n) is 5.52. The van der Waals surface area contributed by atoms with E-state index in [4.69, 9.17) is 15.6 Å². The zero-order valence-corrected chi connectivity index (χ0v) is 9.83. The van der Waals surface area contributed by atoms with Crippen LogP contribution in [0.3, 0.4) is 0 Å². The monoisotopic (exact) mass is 252 g/mol. The average Bonchev–Trinajstić information content (AvgIpc) is 2.37. The van der Waals surface area contributed by atoms with Crippen LogP contribution in [0.15, 0.2) is 30.3 Å². The third-order valence-electron chi connectivity index (χ3n) is 2.25. The molecule has 0 aliphatic carbocycles. The first-order chi connectivity index (χ1) is 8.59. The Balaban J connectivity index is 2.17. The number of rotatable bonds is 6. The van der Waals surface area contributed by atoms with E-state index in [1.807, 2.05) is 30.3 Å². The van der Waals surface area contributed by atoms with Crippen LogP contribution in [-0.4, -0.2) is 29.8 Å². The van der Waals surface area contributed by atoms with Crippen LogP contribution in [0.2, 0.25) is 0 Å². The highest BCUT2D eigenvalue weighted by molar-refractivity contribution is 5.73. The van der Waals surface area contributed by atoms with E-state index in [-0.39, 0.29) is 19.6 Å². The summed E-state index contributed by atoms with van der Waals surface area (Å²) >= 11 is 0. The molecule has 0 unspecified atom stereocenters. The van der Waals surface area contributed by atoms with Crippen molar-refractivity contribution in [3.05, 3.63) is 35.9 Å². The third-order valence-corrected chi connectivity index (χ3v) is 2.25. The SMILES string of the molecule is N[C@H](CCNC(=O)OCc1ccccc1)C(=O)O. The summed E-state index contributed by atoms with van der Waals surface area (Å²) in [5.74, 6) is -1.09. The fraction of sp³-hybridized carbons (Fsp3) is 0.333. The molecular formula is C12H16N2O4. The lowest BCUT2D eigenvalue weighted by molar-refractivity contribution is -0.138. The number of carboxylic acid groups (broad SMARTS) is 1. The number of hydrogen-bond donors (Lipinski definition) is 3. The van der Waals surface area contributed by atoms with Crippen LogP contribution in [0.4, 0.5) is 4.79 Å². The minimum atomic E-state index is -1.09. The topological polar surface area (TPSA) is 102 Å². The Hall–Kier alpha value is -2.08. The Kier molecular flexibility index (Phi) is 5.66. The molecule has 0 heterocycles. The number of carboxylic acids is 1. The van der Waals surface area contributed by atoms with E-state index in [2.05, 4.69) is 5.32 Å². The highest BCUT2D eigenvalue weighted by Gasteiger charge is 2.11. The summed E-state index contributed by atoms with van der Waals surface area (Å²) < 4.78 is 4.93. The van der Waals surface area contributed by atoms with Crippen molar-refractivity contribution >= 4 is 12.1 Å². The van der Waals surface area contributed by atoms with Crippen LogP contribution >= 0.6 is 0 Å². The zero-order valence-electron chi connectivity index (χ0n) is 9.83. The fourth-order valence-electron chi connectivity index (χ4n) is 1.23. The van der Waals surface area contributed by atoms with Crippen LogP contribution < -0.4 is 11.1 Å². The standard InChI is InChI=1S/C12H16N2O4/c13-10(11(15)16)6-7-14-12(17)18-8-9-4-2-1-3-5-9/h1-5,10H,6-8,13H2,(H,14,17)(H,15,16)/t10-/m1/s1. The maximum Gasteiger partial charge on any atom is 0.407 e. The van der Waals surface area contributed by atoms with Crippen molar-refractivity contribution in [3.8, 4) is 0 Å². The Morgan fingerprint density at radius 2 is 2.00 bits per heavy atom. The summed E-state index contributed by atoms with van der Waals surface area (Å²) in [4.78, 5) is 21.7. The Morgan fingerprint density at radius 3 is 2.61 bits per heavy atom. The molecule has 18 heavy (non-hydrogen) atoms. The van der Waals surface area contributed by atoms with Gasteiger partial charge in [0.25, 0.3) is 0 Å². The minimum absolute atomic E-state index is 0.162. The van der Waals surface area contributed by atoms with Crippen molar-refractivity contribution in [3.63, 3.8) is 0 Å². The first-order valence-corrected chi connectivity index (χ1v) is 5.52. The molecule has 0 radical (unpaired) electrons. The second kappa shape index (κ2) is 7.29. The van der Waals surface area contributed by atoms with Crippen LogP contribution in [0.25, 0.3) is 0 Å². The summed E-state index contributed by atoms with van der Waals surface area (Å²) in [7, 11) is 0. The maximum absolute atomic E-state index is 11.2. The van der Waals surface area contributed by atoms with Crippen molar-refractivity contribution in [2.24, 2.45) is 5.73 Å². The molecule has 0 fully saturated rings. The normalized spacial score (nSPS) is 11.6. The second-order valence-corrected chi connectivity index (χ2v) is 3.72. The smallest absolute Gasteiger partial charge is 0.407 e. The van der Waals surface area contributed by atoms with Gasteiger partial charge >= 0.3 is 12.1 Å². The summed E-state index contributed by atoms with van der Waals surface area (Å²) in [5.41, 5.74) is 6.16. The number of amides is 1. The van der Waals surface area contributed by atoms with Gasteiger partial charge in [0, 0.05) is 6.54 Å². The molecule has 0 aromatic heterocycles. The molecule has 0 saturated carbocycles. The molecule has 0 bridgehead atoms. The van der Waals surface area contributed by atoms with Crippen LogP contribution in [-0.2, 0) is 16.1 Å². The number of carbonyl (C=O) groups is 2. The molecule has 4 N–H and O–H groups in total. The lowest BCUT2D eigenvalue weighted by Crippen LogP contribution is -2.35. The molecule has 1 amide bonds. The van der Waals surface area contributed by atoms with Gasteiger partial charge in [-0.3, -0.25) is 4.79 Å². The van der Waals surface area contributed by atoms with E-state index >= 15 is 0 Å². The minimum Gasteiger partial charge on any atom is -0.480 e. The largest absolute Gasteiger partial charge is 0.480 e. The number of hydrogen-bond acceptors (Lipinski definition) is 4. The Labute approximate surface area is 105 Å². The van der Waals surface area contributed by atoms with Gasteiger partial charge < -0.3 is 20.9 Å². The van der Waals surface area contributed by atoms with Crippen LogP contribution in [0, 0.1) is 0 Å². The summed E-state index contributed by atoms with van der Waals surface area (Å²) in [6.07, 6.45) is -0.424. The number of benzene rings is 1. The molecule has 1 rings (SSSR count). The molecule has 98 valence electrons. The number of alkyl carbamates (subject to hydrolysis) is 1. The van der Waals surface area contributed by atoms with Crippen LogP contribution in [0.1, 0.15) is 12.0 Å². The molecule has 1 atom stereocenters. The quantitative estimate of drug-likeness (QED) is 0.692. The van der Waals surface area contributed by atoms with Gasteiger partial charge in [-0.15, -0.1) is 0 Å². The number of carbonyl (C=O) groups excluding carboxylic acids is 1. The average molecular weight is 252 g/mol. The molecule has 6 nitrogen and oxygen atoms in total. The third kappa shape index (κ3) is 5.31. The second-order valence-electron chi connectivity index (χ2n) is 3.72. The van der Waals surface area contributed by atoms with Gasteiger partial charge in [0.15, 0.2) is 0 Å².